The number of nitrogens with zero attached hydrogens (tertiary/aromatic N) is 3. The molecule has 1 unspecified atom stereocenters. The second-order valence-corrected chi connectivity index (χ2v) is 13.7. The highest BCUT2D eigenvalue weighted by Crippen LogP contribution is 2.40. The summed E-state index contributed by atoms with van der Waals surface area (Å²) in [4.78, 5) is 37.7. The molecule has 11 nitrogen and oxygen atoms in total. The lowest BCUT2D eigenvalue weighted by Crippen LogP contribution is -2.28. The van der Waals surface area contributed by atoms with Gasteiger partial charge in [-0.2, -0.15) is 0 Å². The fourth-order valence-corrected chi connectivity index (χ4v) is 6.20. The Morgan fingerprint density at radius 3 is 2.15 bits per heavy atom. The number of hydrazone groups is 1. The molecule has 0 aromatic heterocycles. The van der Waals surface area contributed by atoms with Gasteiger partial charge in [0.15, 0.2) is 5.75 Å². The largest absolute Gasteiger partial charge is 0.540 e. The summed E-state index contributed by atoms with van der Waals surface area (Å²) in [7, 11) is -6.78. The predicted octanol–water partition coefficient (Wildman–Crippen LogP) is 3.08. The molecule has 0 aliphatic heterocycles. The maximum absolute atomic E-state index is 11.3. The van der Waals surface area contributed by atoms with Gasteiger partial charge in [-0.3, -0.25) is 18.6 Å². The topological polar surface area (TPSA) is 152 Å². The van der Waals surface area contributed by atoms with E-state index in [0.29, 0.717) is 24.2 Å². The average molecular weight is 556 g/mol. The monoisotopic (exact) mass is 556 g/mol. The van der Waals surface area contributed by atoms with Gasteiger partial charge in [0.25, 0.3) is 0 Å². The Balaban J connectivity index is 1.85. The molecule has 192 valence electrons. The molecule has 34 heavy (non-hydrogen) atoms. The zero-order valence-corrected chi connectivity index (χ0v) is 22.7. The smallest absolute Gasteiger partial charge is 0.381 e. The Morgan fingerprint density at radius 2 is 1.65 bits per heavy atom. The summed E-state index contributed by atoms with van der Waals surface area (Å²) in [5.74, 6) is 0.969. The van der Waals surface area contributed by atoms with Crippen LogP contribution in [0.5, 0.6) is 5.75 Å². The zero-order chi connectivity index (χ0) is 25.4. The van der Waals surface area contributed by atoms with E-state index in [0.717, 1.165) is 36.1 Å². The van der Waals surface area contributed by atoms with E-state index in [1.165, 1.54) is 0 Å². The first-order valence-corrected chi connectivity index (χ1v) is 16.5. The van der Waals surface area contributed by atoms with E-state index in [4.69, 9.17) is 40.6 Å². The molecule has 0 bridgehead atoms. The lowest BCUT2D eigenvalue weighted by Gasteiger charge is -2.24. The SMILES string of the molecule is COC1CCC(/C=N/N(C)[P+](=S)Oc2ccc(CCN(CP(=O)(O)O)CP(=O)(O)O)cc2)CC1. The number of ether oxygens (including phenoxy) is 1. The molecule has 0 radical (unpaired) electrons. The molecule has 1 aromatic carbocycles. The van der Waals surface area contributed by atoms with Crippen LogP contribution >= 0.6 is 22.3 Å². The summed E-state index contributed by atoms with van der Waals surface area (Å²) < 4.78 is 35.4. The Bertz CT molecular complexity index is 892. The van der Waals surface area contributed by atoms with Crippen LogP contribution in [0.2, 0.25) is 0 Å². The molecule has 0 amide bonds. The molecule has 1 aliphatic carbocycles. The van der Waals surface area contributed by atoms with E-state index in [-0.39, 0.29) is 6.54 Å². The first kappa shape index (κ1) is 29.5. The molecule has 1 aliphatic rings. The number of rotatable bonds is 13. The minimum Gasteiger partial charge on any atom is -0.381 e. The van der Waals surface area contributed by atoms with Crippen molar-refractivity contribution in [2.24, 2.45) is 11.0 Å². The highest BCUT2D eigenvalue weighted by Gasteiger charge is 2.26. The van der Waals surface area contributed by atoms with E-state index in [1.807, 2.05) is 6.21 Å². The molecule has 1 atom stereocenters. The molecule has 0 heterocycles. The second-order valence-electron chi connectivity index (χ2n) is 8.26. The van der Waals surface area contributed by atoms with Crippen LogP contribution in [0.15, 0.2) is 29.4 Å². The molecule has 1 saturated carbocycles. The van der Waals surface area contributed by atoms with E-state index in [1.54, 1.807) is 43.2 Å². The van der Waals surface area contributed by atoms with Crippen molar-refractivity contribution in [1.82, 2.24) is 9.68 Å². The fraction of sp³-hybridized carbons (Fsp3) is 0.632. The van der Waals surface area contributed by atoms with Gasteiger partial charge < -0.3 is 24.3 Å². The van der Waals surface area contributed by atoms with Crippen LogP contribution < -0.4 is 4.52 Å². The van der Waals surface area contributed by atoms with Gasteiger partial charge >= 0.3 is 22.3 Å². The summed E-state index contributed by atoms with van der Waals surface area (Å²) in [6.07, 6.45) is 5.29. The lowest BCUT2D eigenvalue weighted by atomic mass is 9.88. The van der Waals surface area contributed by atoms with E-state index in [9.17, 15) is 9.13 Å². The molecule has 1 fully saturated rings. The van der Waals surface area contributed by atoms with E-state index >= 15 is 0 Å². The number of hydrogen-bond donors (Lipinski definition) is 4. The molecule has 0 spiro atoms. The molecular weight excluding hydrogens is 523 g/mol. The average Bonchev–Trinajstić information content (AvgIpc) is 2.75. The number of methoxy groups -OCH3 is 1. The summed E-state index contributed by atoms with van der Waals surface area (Å²) in [5, 5.41) is 4.45. The number of hydrogen-bond acceptors (Lipinski definition) is 7. The minimum absolute atomic E-state index is 0.0773. The first-order valence-electron chi connectivity index (χ1n) is 10.7. The van der Waals surface area contributed by atoms with Crippen LogP contribution in [-0.4, -0.2) is 74.8 Å². The Hall–Kier alpha value is -0.770. The van der Waals surface area contributed by atoms with Gasteiger partial charge in [-0.25, -0.2) is 0 Å². The minimum atomic E-state index is -4.45. The highest BCUT2D eigenvalue weighted by atomic mass is 32.4. The molecule has 0 saturated heterocycles. The predicted molar refractivity (Wildman–Crippen MR) is 135 cm³/mol. The van der Waals surface area contributed by atoms with Gasteiger partial charge in [-0.05, 0) is 55.7 Å². The maximum Gasteiger partial charge on any atom is 0.540 e. The quantitative estimate of drug-likeness (QED) is 0.161. The number of benzene rings is 1. The summed E-state index contributed by atoms with van der Waals surface area (Å²) >= 11 is 5.45. The van der Waals surface area contributed by atoms with Gasteiger partial charge in [-0.1, -0.05) is 16.9 Å². The van der Waals surface area contributed by atoms with Crippen molar-refractivity contribution < 1.29 is 38.0 Å². The van der Waals surface area contributed by atoms with Gasteiger partial charge in [-0.15, -0.1) is 5.10 Å². The normalized spacial score (nSPS) is 20.0. The van der Waals surface area contributed by atoms with Crippen LogP contribution in [0.4, 0.5) is 0 Å². The zero-order valence-electron chi connectivity index (χ0n) is 19.2. The molecular formula is C19H33N3O8P3S+. The van der Waals surface area contributed by atoms with E-state index in [2.05, 4.69) is 5.10 Å². The summed E-state index contributed by atoms with van der Waals surface area (Å²) in [6, 6.07) is 7.02. The first-order chi connectivity index (χ1) is 15.8. The van der Waals surface area contributed by atoms with Crippen molar-refractivity contribution in [3.8, 4) is 5.75 Å². The summed E-state index contributed by atoms with van der Waals surface area (Å²) in [5.41, 5.74) is 0.820. The standard InChI is InChI=1S/C19H32N3O8P3S/c1-21(20-13-17-5-7-18(29-2)8-6-17)31(34)30-19-9-3-16(4-10-19)11-12-22(14-32(23,24)25)15-33(26,27)28/h3-4,9-10,13,17-18H,5-8,11-12,14-15H2,1-2H3,(H3-,23,24,25,26,27,28)/p+1/b20-13+. The van der Waals surface area contributed by atoms with Crippen molar-refractivity contribution in [1.29, 1.82) is 0 Å². The Labute approximate surface area is 206 Å². The lowest BCUT2D eigenvalue weighted by molar-refractivity contribution is 0.0650. The van der Waals surface area contributed by atoms with Gasteiger partial charge in [0.1, 0.15) is 12.6 Å². The second kappa shape index (κ2) is 13.5. The van der Waals surface area contributed by atoms with Crippen molar-refractivity contribution in [3.05, 3.63) is 29.8 Å². The molecule has 4 N–H and O–H groups in total. The Kier molecular flexibility index (Phi) is 11.7. The van der Waals surface area contributed by atoms with Gasteiger partial charge in [0.05, 0.1) is 13.2 Å². The fourth-order valence-electron chi connectivity index (χ4n) is 3.57. The third kappa shape index (κ3) is 11.8. The third-order valence-electron chi connectivity index (χ3n) is 5.33. The van der Waals surface area contributed by atoms with Crippen LogP contribution in [0.3, 0.4) is 0 Å². The third-order valence-corrected chi connectivity index (χ3v) is 8.74. The summed E-state index contributed by atoms with van der Waals surface area (Å²) in [6.45, 7) is 0.0773. The van der Waals surface area contributed by atoms with Crippen molar-refractivity contribution in [2.45, 2.75) is 38.2 Å². The van der Waals surface area contributed by atoms with Crippen LogP contribution in [0, 0.1) is 5.92 Å². The van der Waals surface area contributed by atoms with Crippen molar-refractivity contribution in [3.63, 3.8) is 0 Å². The van der Waals surface area contributed by atoms with E-state index < -0.39 is 34.8 Å². The van der Waals surface area contributed by atoms with Crippen molar-refractivity contribution in [2.75, 3.05) is 33.3 Å². The molecule has 15 heteroatoms. The van der Waals surface area contributed by atoms with Crippen LogP contribution in [0.1, 0.15) is 31.2 Å². The molecule has 2 rings (SSSR count). The Morgan fingerprint density at radius 1 is 1.09 bits per heavy atom. The van der Waals surface area contributed by atoms with Gasteiger partial charge in [0, 0.05) is 19.9 Å². The highest BCUT2D eigenvalue weighted by molar-refractivity contribution is 8.02. The maximum atomic E-state index is 11.3. The van der Waals surface area contributed by atoms with Gasteiger partial charge in [0.2, 0.25) is 11.8 Å². The molecule has 1 aromatic rings. The van der Waals surface area contributed by atoms with Crippen LogP contribution in [0.25, 0.3) is 0 Å². The van der Waals surface area contributed by atoms with Crippen LogP contribution in [-0.2, 0) is 32.1 Å². The van der Waals surface area contributed by atoms with Crippen molar-refractivity contribution >= 4 is 40.3 Å².